The molecule has 3 aliphatic rings. The Labute approximate surface area is 236 Å². The number of nitrogens with zero attached hydrogens (tertiary/aromatic N) is 4. The molecule has 0 spiro atoms. The molecular formula is C32H41FN4O3. The molecule has 3 aromatic rings. The van der Waals surface area contributed by atoms with Crippen LogP contribution in [0.15, 0.2) is 30.3 Å². The van der Waals surface area contributed by atoms with Crippen molar-refractivity contribution in [2.75, 3.05) is 38.2 Å². The number of aliphatic hydroxyl groups excluding tert-OH is 1. The van der Waals surface area contributed by atoms with Gasteiger partial charge >= 0.3 is 6.01 Å². The summed E-state index contributed by atoms with van der Waals surface area (Å²) in [5.74, 6) is 0.389. The highest BCUT2D eigenvalue weighted by molar-refractivity contribution is 5.94. The van der Waals surface area contributed by atoms with Crippen LogP contribution in [0.3, 0.4) is 0 Å². The molecule has 0 amide bonds. The number of halogens is 1. The van der Waals surface area contributed by atoms with Crippen molar-refractivity contribution in [1.29, 1.82) is 0 Å². The van der Waals surface area contributed by atoms with Gasteiger partial charge in [0.15, 0.2) is 5.82 Å². The van der Waals surface area contributed by atoms with E-state index in [0.717, 1.165) is 50.8 Å². The summed E-state index contributed by atoms with van der Waals surface area (Å²) in [5.41, 5.74) is 2.28. The lowest BCUT2D eigenvalue weighted by atomic mass is 9.76. The topological polar surface area (TPSA) is 82.0 Å². The fourth-order valence-corrected chi connectivity index (χ4v) is 7.45. The second-order valence-electron chi connectivity index (χ2n) is 12.5. The number of benzene rings is 2. The molecule has 3 atom stereocenters. The Hall–Kier alpha value is -2.97. The molecule has 3 fully saturated rings. The third kappa shape index (κ3) is 4.90. The van der Waals surface area contributed by atoms with Crippen LogP contribution in [0.5, 0.6) is 11.8 Å². The summed E-state index contributed by atoms with van der Waals surface area (Å²) in [4.78, 5) is 14.0. The van der Waals surface area contributed by atoms with Gasteiger partial charge in [-0.1, -0.05) is 32.4 Å². The zero-order chi connectivity index (χ0) is 28.0. The van der Waals surface area contributed by atoms with Crippen LogP contribution < -0.4 is 9.64 Å². The van der Waals surface area contributed by atoms with Crippen LogP contribution >= 0.6 is 0 Å². The number of aromatic hydroxyl groups is 1. The van der Waals surface area contributed by atoms with Crippen molar-refractivity contribution < 1.29 is 19.3 Å². The first-order valence-corrected chi connectivity index (χ1v) is 14.9. The first-order chi connectivity index (χ1) is 19.3. The first kappa shape index (κ1) is 27.2. The molecule has 7 nitrogen and oxygen atoms in total. The number of aliphatic hydroxyl groups is 1. The molecule has 0 bridgehead atoms. The summed E-state index contributed by atoms with van der Waals surface area (Å²) in [6.07, 6.45) is 6.87. The molecule has 8 heteroatoms. The van der Waals surface area contributed by atoms with Gasteiger partial charge in [0.1, 0.15) is 17.1 Å². The number of anilines is 1. The molecule has 1 aromatic heterocycles. The fraction of sp³-hybridized carbons (Fsp3) is 0.562. The lowest BCUT2D eigenvalue weighted by Crippen LogP contribution is -2.50. The summed E-state index contributed by atoms with van der Waals surface area (Å²) in [6, 6.07) is 9.42. The second-order valence-corrected chi connectivity index (χ2v) is 12.5. The van der Waals surface area contributed by atoms with E-state index in [0.29, 0.717) is 41.5 Å². The van der Waals surface area contributed by atoms with E-state index in [2.05, 4.69) is 30.8 Å². The average molecular weight is 549 g/mol. The van der Waals surface area contributed by atoms with Gasteiger partial charge in [0.25, 0.3) is 0 Å². The van der Waals surface area contributed by atoms with Gasteiger partial charge in [-0.3, -0.25) is 0 Å². The molecule has 1 aliphatic carbocycles. The van der Waals surface area contributed by atoms with Crippen molar-refractivity contribution in [2.24, 2.45) is 5.41 Å². The highest BCUT2D eigenvalue weighted by Crippen LogP contribution is 2.47. The molecule has 2 aliphatic heterocycles. The predicted octanol–water partition coefficient (Wildman–Crippen LogP) is 5.87. The Morgan fingerprint density at radius 3 is 2.67 bits per heavy atom. The van der Waals surface area contributed by atoms with E-state index in [1.54, 1.807) is 18.2 Å². The number of fused-ring (bicyclic) bond motifs is 2. The largest absolute Gasteiger partial charge is 0.508 e. The van der Waals surface area contributed by atoms with Crippen molar-refractivity contribution in [3.05, 3.63) is 41.7 Å². The zero-order valence-electron chi connectivity index (χ0n) is 23.9. The Balaban J connectivity index is 1.44. The van der Waals surface area contributed by atoms with Gasteiger partial charge < -0.3 is 24.7 Å². The number of β-amino-alcohol motifs (C(OH)–C–C–N with tert-alkyl or cyclic N) is 1. The second kappa shape index (κ2) is 10.8. The molecular weight excluding hydrogens is 507 g/mol. The third-order valence-corrected chi connectivity index (χ3v) is 9.48. The number of hydrogen-bond acceptors (Lipinski definition) is 7. The summed E-state index contributed by atoms with van der Waals surface area (Å²) >= 11 is 0. The SMILES string of the molecule is CC(C)c1ccc(O)cc1-c1ccc2c(N3CCC[C@@H](O)C3)nc(OC[C@]34CCCC3N(C)CCC4)nc2c1F. The maximum Gasteiger partial charge on any atom is 0.319 e. The molecule has 2 aromatic carbocycles. The lowest BCUT2D eigenvalue weighted by molar-refractivity contribution is 0.0133. The quantitative estimate of drug-likeness (QED) is 0.399. The van der Waals surface area contributed by atoms with Crippen LogP contribution in [-0.4, -0.2) is 70.5 Å². The molecule has 3 heterocycles. The first-order valence-electron chi connectivity index (χ1n) is 14.9. The van der Waals surface area contributed by atoms with E-state index >= 15 is 4.39 Å². The fourth-order valence-electron chi connectivity index (χ4n) is 7.45. The van der Waals surface area contributed by atoms with E-state index in [4.69, 9.17) is 9.72 Å². The zero-order valence-corrected chi connectivity index (χ0v) is 23.9. The number of aromatic nitrogens is 2. The number of hydrogen-bond donors (Lipinski definition) is 2. The molecule has 6 rings (SSSR count). The number of rotatable bonds is 6. The van der Waals surface area contributed by atoms with Gasteiger partial charge in [0, 0.05) is 35.5 Å². The molecule has 40 heavy (non-hydrogen) atoms. The molecule has 0 radical (unpaired) electrons. The van der Waals surface area contributed by atoms with E-state index in [9.17, 15) is 10.2 Å². The van der Waals surface area contributed by atoms with Crippen molar-refractivity contribution >= 4 is 16.7 Å². The summed E-state index contributed by atoms with van der Waals surface area (Å²) in [7, 11) is 2.21. The highest BCUT2D eigenvalue weighted by atomic mass is 19.1. The predicted molar refractivity (Wildman–Crippen MR) is 156 cm³/mol. The Kier molecular flexibility index (Phi) is 7.34. The summed E-state index contributed by atoms with van der Waals surface area (Å²) < 4.78 is 22.9. The van der Waals surface area contributed by atoms with Crippen LogP contribution in [0.2, 0.25) is 0 Å². The van der Waals surface area contributed by atoms with E-state index in [1.165, 1.54) is 12.8 Å². The van der Waals surface area contributed by atoms with Crippen LogP contribution in [-0.2, 0) is 0 Å². The molecule has 1 unspecified atom stereocenters. The number of piperidine rings is 2. The highest BCUT2D eigenvalue weighted by Gasteiger charge is 2.47. The van der Waals surface area contributed by atoms with E-state index in [-0.39, 0.29) is 28.6 Å². The number of likely N-dealkylation sites (tertiary alicyclic amines) is 1. The Morgan fingerprint density at radius 1 is 1.05 bits per heavy atom. The maximum atomic E-state index is 16.5. The van der Waals surface area contributed by atoms with Crippen LogP contribution in [0.4, 0.5) is 10.2 Å². The van der Waals surface area contributed by atoms with E-state index in [1.807, 2.05) is 17.0 Å². The Bertz CT molecular complexity index is 1400. The minimum Gasteiger partial charge on any atom is -0.508 e. The minimum absolute atomic E-state index is 0.0704. The van der Waals surface area contributed by atoms with Gasteiger partial charge in [-0.15, -0.1) is 0 Å². The maximum absolute atomic E-state index is 16.5. The lowest BCUT2D eigenvalue weighted by Gasteiger charge is -2.44. The number of phenols is 1. The van der Waals surface area contributed by atoms with Gasteiger partial charge in [-0.2, -0.15) is 9.97 Å². The number of ether oxygens (including phenoxy) is 1. The summed E-state index contributed by atoms with van der Waals surface area (Å²) in [6.45, 7) is 6.91. The van der Waals surface area contributed by atoms with Crippen molar-refractivity contribution in [2.45, 2.75) is 76.9 Å². The molecule has 1 saturated carbocycles. The van der Waals surface area contributed by atoms with Crippen molar-refractivity contribution in [1.82, 2.24) is 14.9 Å². The smallest absolute Gasteiger partial charge is 0.319 e. The monoisotopic (exact) mass is 548 g/mol. The molecule has 214 valence electrons. The van der Waals surface area contributed by atoms with Crippen molar-refractivity contribution in [3.8, 4) is 22.9 Å². The third-order valence-electron chi connectivity index (χ3n) is 9.48. The van der Waals surface area contributed by atoms with Gasteiger partial charge in [-0.05, 0) is 87.4 Å². The van der Waals surface area contributed by atoms with E-state index < -0.39 is 11.9 Å². The standard InChI is InChI=1S/C32H41FN4O3/c1-20(2)23-10-9-21(38)17-26(23)24-11-12-25-29(28(24)33)34-31(35-30(25)37-16-5-7-22(39)18-37)40-19-32-13-4-8-27(32)36(3)15-6-14-32/h9-12,17,20,22,27,38-39H,4-8,13-16,18-19H2,1-3H3/t22-,27?,32-/m1/s1. The normalized spacial score (nSPS) is 25.5. The van der Waals surface area contributed by atoms with Gasteiger partial charge in [-0.25, -0.2) is 4.39 Å². The molecule has 2 saturated heterocycles. The van der Waals surface area contributed by atoms with Crippen molar-refractivity contribution in [3.63, 3.8) is 0 Å². The minimum atomic E-state index is -0.455. The molecule has 2 N–H and O–H groups in total. The average Bonchev–Trinajstić information content (AvgIpc) is 3.37. The number of phenolic OH excluding ortho intramolecular Hbond substituents is 1. The van der Waals surface area contributed by atoms with Crippen LogP contribution in [0.25, 0.3) is 22.0 Å². The summed E-state index contributed by atoms with van der Waals surface area (Å²) in [5, 5.41) is 21.3. The van der Waals surface area contributed by atoms with Crippen LogP contribution in [0, 0.1) is 11.2 Å². The van der Waals surface area contributed by atoms with Gasteiger partial charge in [0.2, 0.25) is 0 Å². The Morgan fingerprint density at radius 2 is 1.88 bits per heavy atom. The van der Waals surface area contributed by atoms with Gasteiger partial charge in [0.05, 0.1) is 12.7 Å². The van der Waals surface area contributed by atoms with Crippen LogP contribution in [0.1, 0.15) is 70.3 Å².